The molecule has 98 valence electrons. The average Bonchev–Trinajstić information content (AvgIpc) is 2.82. The molecule has 0 aliphatic heterocycles. The van der Waals surface area contributed by atoms with E-state index in [1.54, 1.807) is 4.68 Å². The topological polar surface area (TPSA) is 62.9 Å². The van der Waals surface area contributed by atoms with E-state index in [-0.39, 0.29) is 12.6 Å². The first-order valence-corrected chi connectivity index (χ1v) is 6.05. The molecular formula is C14H16N4O. The zero-order valence-electron chi connectivity index (χ0n) is 11.0. The molecular weight excluding hydrogens is 240 g/mol. The van der Waals surface area contributed by atoms with Crippen LogP contribution in [0.15, 0.2) is 36.5 Å². The molecule has 2 rings (SSSR count). The summed E-state index contributed by atoms with van der Waals surface area (Å²) >= 11 is 0. The van der Waals surface area contributed by atoms with Gasteiger partial charge >= 0.3 is 0 Å². The normalized spacial score (nSPS) is 11.6. The number of ether oxygens (including phenoxy) is 1. The number of hydrogen-bond donors (Lipinski definition) is 1. The van der Waals surface area contributed by atoms with E-state index in [0.29, 0.717) is 5.75 Å². The first kappa shape index (κ1) is 13.0. The zero-order chi connectivity index (χ0) is 13.7. The summed E-state index contributed by atoms with van der Waals surface area (Å²) in [5.74, 6) is 1.55. The van der Waals surface area contributed by atoms with Crippen LogP contribution in [0.4, 0.5) is 5.82 Å². The first-order valence-electron chi connectivity index (χ1n) is 6.05. The van der Waals surface area contributed by atoms with Crippen molar-refractivity contribution in [1.29, 1.82) is 5.26 Å². The highest BCUT2D eigenvalue weighted by Gasteiger charge is 2.07. The van der Waals surface area contributed by atoms with Gasteiger partial charge in [0.25, 0.3) is 0 Å². The monoisotopic (exact) mass is 256 g/mol. The number of aryl methyl sites for hydroxylation is 1. The van der Waals surface area contributed by atoms with Gasteiger partial charge in [-0.15, -0.1) is 0 Å². The molecule has 0 radical (unpaired) electrons. The predicted molar refractivity (Wildman–Crippen MR) is 72.8 cm³/mol. The number of benzene rings is 1. The third-order valence-corrected chi connectivity index (χ3v) is 2.76. The van der Waals surface area contributed by atoms with Gasteiger partial charge in [0.15, 0.2) is 6.61 Å². The highest BCUT2D eigenvalue weighted by Crippen LogP contribution is 2.20. The number of nitriles is 1. The molecule has 0 bridgehead atoms. The van der Waals surface area contributed by atoms with E-state index in [9.17, 15) is 0 Å². The summed E-state index contributed by atoms with van der Waals surface area (Å²) in [6.07, 6.45) is 1.90. The van der Waals surface area contributed by atoms with Crippen molar-refractivity contribution < 1.29 is 4.74 Å². The predicted octanol–water partition coefficient (Wildman–Crippen LogP) is 2.50. The van der Waals surface area contributed by atoms with E-state index in [0.717, 1.165) is 11.4 Å². The number of aromatic nitrogens is 2. The van der Waals surface area contributed by atoms with Crippen LogP contribution in [0.1, 0.15) is 18.5 Å². The van der Waals surface area contributed by atoms with Gasteiger partial charge in [-0.3, -0.25) is 4.68 Å². The minimum atomic E-state index is 0.0705. The summed E-state index contributed by atoms with van der Waals surface area (Å²) in [6, 6.07) is 11.7. The third kappa shape index (κ3) is 3.49. The molecule has 1 aromatic heterocycles. The first-order chi connectivity index (χ1) is 9.19. The molecule has 0 saturated carbocycles. The van der Waals surface area contributed by atoms with Crippen molar-refractivity contribution in [2.24, 2.45) is 7.05 Å². The van der Waals surface area contributed by atoms with Crippen LogP contribution in [-0.4, -0.2) is 16.4 Å². The summed E-state index contributed by atoms with van der Waals surface area (Å²) in [6.45, 7) is 2.14. The minimum Gasteiger partial charge on any atom is -0.479 e. The van der Waals surface area contributed by atoms with Crippen molar-refractivity contribution in [3.05, 3.63) is 42.1 Å². The molecule has 0 aliphatic carbocycles. The van der Waals surface area contributed by atoms with Crippen molar-refractivity contribution in [2.45, 2.75) is 13.0 Å². The summed E-state index contributed by atoms with van der Waals surface area (Å²) in [7, 11) is 1.89. The number of nitrogens with one attached hydrogen (secondary N) is 1. The van der Waals surface area contributed by atoms with E-state index in [1.807, 2.05) is 49.6 Å². The highest BCUT2D eigenvalue weighted by molar-refractivity contribution is 5.38. The Kier molecular flexibility index (Phi) is 4.04. The van der Waals surface area contributed by atoms with Gasteiger partial charge in [0.05, 0.1) is 6.04 Å². The lowest BCUT2D eigenvalue weighted by Crippen LogP contribution is -2.07. The van der Waals surface area contributed by atoms with Crippen molar-refractivity contribution in [3.8, 4) is 11.8 Å². The number of anilines is 1. The van der Waals surface area contributed by atoms with Crippen LogP contribution in [0.3, 0.4) is 0 Å². The van der Waals surface area contributed by atoms with E-state index < -0.39 is 0 Å². The largest absolute Gasteiger partial charge is 0.479 e. The van der Waals surface area contributed by atoms with Gasteiger partial charge in [0, 0.05) is 19.3 Å². The Morgan fingerprint density at radius 2 is 2.11 bits per heavy atom. The fraction of sp³-hybridized carbons (Fsp3) is 0.286. The molecule has 19 heavy (non-hydrogen) atoms. The van der Waals surface area contributed by atoms with Crippen LogP contribution in [-0.2, 0) is 7.05 Å². The van der Waals surface area contributed by atoms with Gasteiger partial charge in [-0.2, -0.15) is 10.4 Å². The number of nitrogens with zero attached hydrogens (tertiary/aromatic N) is 3. The van der Waals surface area contributed by atoms with Crippen molar-refractivity contribution in [1.82, 2.24) is 9.78 Å². The third-order valence-electron chi connectivity index (χ3n) is 2.76. The standard InChI is InChI=1S/C14H16N4O/c1-11(16-14-7-9-18(2)17-14)12-3-5-13(6-4-12)19-10-8-15/h3-7,9,11H,10H2,1-2H3,(H,16,17). The van der Waals surface area contributed by atoms with Crippen LogP contribution in [0.2, 0.25) is 0 Å². The average molecular weight is 256 g/mol. The van der Waals surface area contributed by atoms with Crippen LogP contribution >= 0.6 is 0 Å². The summed E-state index contributed by atoms with van der Waals surface area (Å²) in [5, 5.41) is 16.0. The maximum absolute atomic E-state index is 8.44. The lowest BCUT2D eigenvalue weighted by Gasteiger charge is -2.14. The SMILES string of the molecule is CC(Nc1ccn(C)n1)c1ccc(OCC#N)cc1. The number of rotatable bonds is 5. The summed E-state index contributed by atoms with van der Waals surface area (Å²) < 4.78 is 6.97. The molecule has 5 heteroatoms. The van der Waals surface area contributed by atoms with Gasteiger partial charge in [-0.05, 0) is 24.6 Å². The van der Waals surface area contributed by atoms with Gasteiger partial charge in [-0.1, -0.05) is 12.1 Å². The fourth-order valence-electron chi connectivity index (χ4n) is 1.77. The second kappa shape index (κ2) is 5.91. The van der Waals surface area contributed by atoms with E-state index in [2.05, 4.69) is 17.3 Å². The second-order valence-corrected chi connectivity index (χ2v) is 4.26. The molecule has 1 aromatic carbocycles. The van der Waals surface area contributed by atoms with E-state index in [4.69, 9.17) is 10.00 Å². The quantitative estimate of drug-likeness (QED) is 0.892. The van der Waals surface area contributed by atoms with Crippen LogP contribution in [0.5, 0.6) is 5.75 Å². The highest BCUT2D eigenvalue weighted by atomic mass is 16.5. The Balaban J connectivity index is 1.99. The Hall–Kier alpha value is -2.48. The van der Waals surface area contributed by atoms with Crippen molar-refractivity contribution in [2.75, 3.05) is 11.9 Å². The Morgan fingerprint density at radius 3 is 2.68 bits per heavy atom. The second-order valence-electron chi connectivity index (χ2n) is 4.26. The number of hydrogen-bond acceptors (Lipinski definition) is 4. The molecule has 1 atom stereocenters. The molecule has 0 aliphatic rings. The van der Waals surface area contributed by atoms with Crippen LogP contribution in [0.25, 0.3) is 0 Å². The van der Waals surface area contributed by atoms with Gasteiger partial charge in [0.1, 0.15) is 17.6 Å². The van der Waals surface area contributed by atoms with Gasteiger partial charge in [0.2, 0.25) is 0 Å². The van der Waals surface area contributed by atoms with E-state index >= 15 is 0 Å². The molecule has 0 fully saturated rings. The zero-order valence-corrected chi connectivity index (χ0v) is 11.0. The molecule has 1 unspecified atom stereocenters. The Bertz CT molecular complexity index is 568. The van der Waals surface area contributed by atoms with Gasteiger partial charge < -0.3 is 10.1 Å². The van der Waals surface area contributed by atoms with Crippen LogP contribution < -0.4 is 10.1 Å². The molecule has 5 nitrogen and oxygen atoms in total. The smallest absolute Gasteiger partial charge is 0.174 e. The summed E-state index contributed by atoms with van der Waals surface area (Å²) in [5.41, 5.74) is 1.13. The molecule has 0 spiro atoms. The maximum atomic E-state index is 8.44. The minimum absolute atomic E-state index is 0.0705. The van der Waals surface area contributed by atoms with Crippen LogP contribution in [0, 0.1) is 11.3 Å². The lowest BCUT2D eigenvalue weighted by molar-refractivity contribution is 0.368. The van der Waals surface area contributed by atoms with E-state index in [1.165, 1.54) is 0 Å². The molecule has 2 aromatic rings. The molecule has 1 N–H and O–H groups in total. The Morgan fingerprint density at radius 1 is 1.37 bits per heavy atom. The Labute approximate surface area is 112 Å². The summed E-state index contributed by atoms with van der Waals surface area (Å²) in [4.78, 5) is 0. The molecule has 0 saturated heterocycles. The lowest BCUT2D eigenvalue weighted by atomic mass is 10.1. The fourth-order valence-corrected chi connectivity index (χ4v) is 1.77. The van der Waals surface area contributed by atoms with Crippen molar-refractivity contribution in [3.63, 3.8) is 0 Å². The molecule has 1 heterocycles. The maximum Gasteiger partial charge on any atom is 0.174 e. The molecule has 0 amide bonds. The van der Waals surface area contributed by atoms with Gasteiger partial charge in [-0.25, -0.2) is 0 Å². The van der Waals surface area contributed by atoms with Crippen molar-refractivity contribution >= 4 is 5.82 Å².